The predicted octanol–water partition coefficient (Wildman–Crippen LogP) is 3.07. The van der Waals surface area contributed by atoms with Gasteiger partial charge in [-0.05, 0) is 12.5 Å². The average Bonchev–Trinajstić information content (AvgIpc) is 2.81. The Labute approximate surface area is 117 Å². The van der Waals surface area contributed by atoms with Crippen LogP contribution in [0.4, 0.5) is 0 Å². The van der Waals surface area contributed by atoms with Crippen LogP contribution in [0.1, 0.15) is 29.5 Å². The highest BCUT2D eigenvalue weighted by molar-refractivity contribution is 6.03. The molecule has 2 rings (SSSR count). The van der Waals surface area contributed by atoms with E-state index in [0.717, 1.165) is 6.42 Å². The van der Waals surface area contributed by atoms with Gasteiger partial charge in [-0.1, -0.05) is 25.1 Å². The molecule has 108 valence electrons. The third-order valence-corrected chi connectivity index (χ3v) is 2.84. The second kappa shape index (κ2) is 7.07. The standard InChI is InChI=1S/C15H18O5/c1-2-7-18-8-9-19-10-13-14(15(16)17)11-5-3-4-6-12(11)20-13/h3-6H,2,7-10H2,1H3,(H,16,17). The van der Waals surface area contributed by atoms with E-state index in [-0.39, 0.29) is 12.2 Å². The summed E-state index contributed by atoms with van der Waals surface area (Å²) in [7, 11) is 0. The number of furan rings is 1. The molecule has 0 aliphatic heterocycles. The van der Waals surface area contributed by atoms with Crippen molar-refractivity contribution in [2.75, 3.05) is 19.8 Å². The van der Waals surface area contributed by atoms with Crippen molar-refractivity contribution in [2.45, 2.75) is 20.0 Å². The van der Waals surface area contributed by atoms with Crippen LogP contribution < -0.4 is 0 Å². The molecule has 0 fully saturated rings. The van der Waals surface area contributed by atoms with E-state index in [4.69, 9.17) is 13.9 Å². The van der Waals surface area contributed by atoms with Gasteiger partial charge in [-0.3, -0.25) is 0 Å². The van der Waals surface area contributed by atoms with Gasteiger partial charge in [0, 0.05) is 12.0 Å². The summed E-state index contributed by atoms with van der Waals surface area (Å²) in [5.41, 5.74) is 0.737. The topological polar surface area (TPSA) is 68.9 Å². The Kier molecular flexibility index (Phi) is 5.15. The van der Waals surface area contributed by atoms with Crippen molar-refractivity contribution in [3.63, 3.8) is 0 Å². The molecule has 0 bridgehead atoms. The number of para-hydroxylation sites is 1. The van der Waals surface area contributed by atoms with E-state index in [1.165, 1.54) is 0 Å². The number of carboxylic acid groups (broad SMARTS) is 1. The van der Waals surface area contributed by atoms with E-state index in [0.29, 0.717) is 36.6 Å². The van der Waals surface area contributed by atoms with Crippen LogP contribution in [0.5, 0.6) is 0 Å². The lowest BCUT2D eigenvalue weighted by molar-refractivity contribution is 0.0346. The Morgan fingerprint density at radius 1 is 1.20 bits per heavy atom. The van der Waals surface area contributed by atoms with Crippen LogP contribution >= 0.6 is 0 Å². The zero-order valence-corrected chi connectivity index (χ0v) is 11.4. The number of hydrogen-bond donors (Lipinski definition) is 1. The van der Waals surface area contributed by atoms with E-state index in [2.05, 4.69) is 0 Å². The van der Waals surface area contributed by atoms with E-state index in [1.54, 1.807) is 24.3 Å². The molecule has 0 unspecified atom stereocenters. The number of carboxylic acids is 1. The molecule has 0 saturated heterocycles. The van der Waals surface area contributed by atoms with Gasteiger partial charge in [0.2, 0.25) is 0 Å². The maximum atomic E-state index is 11.3. The van der Waals surface area contributed by atoms with E-state index in [1.807, 2.05) is 6.92 Å². The smallest absolute Gasteiger partial charge is 0.340 e. The van der Waals surface area contributed by atoms with Gasteiger partial charge >= 0.3 is 5.97 Å². The first-order valence-electron chi connectivity index (χ1n) is 6.63. The Balaban J connectivity index is 2.02. The summed E-state index contributed by atoms with van der Waals surface area (Å²) < 4.78 is 16.2. The molecular formula is C15H18O5. The van der Waals surface area contributed by atoms with Crippen molar-refractivity contribution in [2.24, 2.45) is 0 Å². The Bertz CT molecular complexity index is 573. The van der Waals surface area contributed by atoms with Crippen LogP contribution in [0.15, 0.2) is 28.7 Å². The van der Waals surface area contributed by atoms with Crippen molar-refractivity contribution in [1.82, 2.24) is 0 Å². The first kappa shape index (κ1) is 14.6. The minimum atomic E-state index is -1.00. The molecule has 1 aromatic heterocycles. The van der Waals surface area contributed by atoms with Crippen LogP contribution in [-0.2, 0) is 16.1 Å². The van der Waals surface area contributed by atoms with Gasteiger partial charge in [0.25, 0.3) is 0 Å². The lowest BCUT2D eigenvalue weighted by atomic mass is 10.1. The first-order chi connectivity index (χ1) is 9.74. The number of ether oxygens (including phenoxy) is 2. The van der Waals surface area contributed by atoms with Gasteiger partial charge in [0.15, 0.2) is 0 Å². The number of rotatable bonds is 8. The van der Waals surface area contributed by atoms with Crippen molar-refractivity contribution in [3.8, 4) is 0 Å². The lowest BCUT2D eigenvalue weighted by Crippen LogP contribution is -2.06. The summed E-state index contributed by atoms with van der Waals surface area (Å²) in [6, 6.07) is 7.07. The number of fused-ring (bicyclic) bond motifs is 1. The van der Waals surface area contributed by atoms with Gasteiger partial charge in [-0.2, -0.15) is 0 Å². The fourth-order valence-corrected chi connectivity index (χ4v) is 1.96. The van der Waals surface area contributed by atoms with Gasteiger partial charge in [0.1, 0.15) is 23.5 Å². The maximum absolute atomic E-state index is 11.3. The molecule has 1 aromatic carbocycles. The van der Waals surface area contributed by atoms with Gasteiger partial charge < -0.3 is 19.0 Å². The highest BCUT2D eigenvalue weighted by Crippen LogP contribution is 2.26. The molecule has 5 nitrogen and oxygen atoms in total. The SMILES string of the molecule is CCCOCCOCc1oc2ccccc2c1C(=O)O. The van der Waals surface area contributed by atoms with Crippen LogP contribution in [-0.4, -0.2) is 30.9 Å². The summed E-state index contributed by atoms with van der Waals surface area (Å²) in [5, 5.41) is 9.88. The molecule has 20 heavy (non-hydrogen) atoms. The summed E-state index contributed by atoms with van der Waals surface area (Å²) in [5.74, 6) is -0.662. The summed E-state index contributed by atoms with van der Waals surface area (Å²) >= 11 is 0. The number of hydrogen-bond acceptors (Lipinski definition) is 4. The maximum Gasteiger partial charge on any atom is 0.340 e. The Hall–Kier alpha value is -1.85. The monoisotopic (exact) mass is 278 g/mol. The molecular weight excluding hydrogens is 260 g/mol. The van der Waals surface area contributed by atoms with Crippen molar-refractivity contribution >= 4 is 16.9 Å². The van der Waals surface area contributed by atoms with E-state index >= 15 is 0 Å². The average molecular weight is 278 g/mol. The zero-order valence-electron chi connectivity index (χ0n) is 11.4. The molecule has 0 aliphatic carbocycles. The highest BCUT2D eigenvalue weighted by Gasteiger charge is 2.19. The first-order valence-corrected chi connectivity index (χ1v) is 6.63. The molecule has 1 N–H and O–H groups in total. The largest absolute Gasteiger partial charge is 0.478 e. The fraction of sp³-hybridized carbons (Fsp3) is 0.400. The molecule has 5 heteroatoms. The third-order valence-electron chi connectivity index (χ3n) is 2.84. The Morgan fingerprint density at radius 2 is 1.95 bits per heavy atom. The Morgan fingerprint density at radius 3 is 2.70 bits per heavy atom. The predicted molar refractivity (Wildman–Crippen MR) is 73.9 cm³/mol. The number of aromatic carboxylic acids is 1. The molecule has 0 spiro atoms. The van der Waals surface area contributed by atoms with Gasteiger partial charge in [-0.15, -0.1) is 0 Å². The van der Waals surface area contributed by atoms with Crippen LogP contribution in [0.2, 0.25) is 0 Å². The van der Waals surface area contributed by atoms with Crippen molar-refractivity contribution in [3.05, 3.63) is 35.6 Å². The lowest BCUT2D eigenvalue weighted by Gasteiger charge is -2.04. The van der Waals surface area contributed by atoms with E-state index < -0.39 is 5.97 Å². The number of benzene rings is 1. The second-order valence-corrected chi connectivity index (χ2v) is 4.37. The van der Waals surface area contributed by atoms with Gasteiger partial charge in [-0.25, -0.2) is 4.79 Å². The van der Waals surface area contributed by atoms with E-state index in [9.17, 15) is 9.90 Å². The molecule has 0 amide bonds. The highest BCUT2D eigenvalue weighted by atomic mass is 16.5. The van der Waals surface area contributed by atoms with Crippen LogP contribution in [0.3, 0.4) is 0 Å². The normalized spacial score (nSPS) is 11.1. The van der Waals surface area contributed by atoms with Crippen LogP contribution in [0, 0.1) is 0 Å². The summed E-state index contributed by atoms with van der Waals surface area (Å²) in [6.45, 7) is 3.78. The second-order valence-electron chi connectivity index (χ2n) is 4.37. The molecule has 0 saturated carbocycles. The van der Waals surface area contributed by atoms with Crippen LogP contribution in [0.25, 0.3) is 11.0 Å². The summed E-state index contributed by atoms with van der Waals surface area (Å²) in [4.78, 5) is 11.3. The molecule has 0 radical (unpaired) electrons. The number of carbonyl (C=O) groups is 1. The minimum absolute atomic E-state index is 0.131. The van der Waals surface area contributed by atoms with Gasteiger partial charge in [0.05, 0.1) is 13.2 Å². The van der Waals surface area contributed by atoms with Crippen molar-refractivity contribution in [1.29, 1.82) is 0 Å². The quantitative estimate of drug-likeness (QED) is 0.751. The van der Waals surface area contributed by atoms with Crippen molar-refractivity contribution < 1.29 is 23.8 Å². The molecule has 0 atom stereocenters. The minimum Gasteiger partial charge on any atom is -0.478 e. The fourth-order valence-electron chi connectivity index (χ4n) is 1.96. The third kappa shape index (κ3) is 3.37. The summed E-state index contributed by atoms with van der Waals surface area (Å²) in [6.07, 6.45) is 0.965. The molecule has 2 aromatic rings. The molecule has 0 aliphatic rings. The molecule has 1 heterocycles. The zero-order chi connectivity index (χ0) is 14.4.